The Hall–Kier alpha value is -1.68. The molecule has 0 atom stereocenters. The molecule has 0 aliphatic heterocycles. The van der Waals surface area contributed by atoms with E-state index in [-0.39, 0.29) is 0 Å². The van der Waals surface area contributed by atoms with Crippen molar-refractivity contribution in [3.63, 3.8) is 0 Å². The molecule has 0 spiro atoms. The fourth-order valence-electron chi connectivity index (χ4n) is 1.06. The first-order valence-electron chi connectivity index (χ1n) is 3.56. The summed E-state index contributed by atoms with van der Waals surface area (Å²) in [5, 5.41) is 1.01. The molecule has 0 saturated carbocycles. The fourth-order valence-corrected chi connectivity index (χ4v) is 1.06. The van der Waals surface area contributed by atoms with Crippen LogP contribution in [0.2, 0.25) is 0 Å². The second kappa shape index (κ2) is 2.75. The summed E-state index contributed by atoms with van der Waals surface area (Å²) in [4.78, 5) is 7.99. The van der Waals surface area contributed by atoms with Crippen LogP contribution in [0.1, 0.15) is 0 Å². The Labute approximate surface area is 69.4 Å². The van der Waals surface area contributed by atoms with Crippen molar-refractivity contribution in [3.05, 3.63) is 30.7 Å². The number of nitrogen functional groups attached to an aromatic ring is 1. The van der Waals surface area contributed by atoms with Gasteiger partial charge in [-0.2, -0.15) is 0 Å². The third kappa shape index (κ3) is 1.08. The maximum Gasteiger partial charge on any atom is 0.116 e. The molecule has 0 aliphatic rings. The number of nitrogens with one attached hydrogen (secondary N) is 1. The average Bonchev–Trinajstić information content (AvgIpc) is 2.17. The quantitative estimate of drug-likeness (QED) is 0.481. The number of nitrogens with two attached hydrogens (primary N) is 1. The summed E-state index contributed by atoms with van der Waals surface area (Å²) in [6, 6.07) is 5.67. The van der Waals surface area contributed by atoms with Gasteiger partial charge in [-0.15, -0.1) is 0 Å². The number of anilines is 1. The number of nitrogens with zero attached hydrogens (tertiary/aromatic N) is 2. The van der Waals surface area contributed by atoms with Crippen LogP contribution in [-0.2, 0) is 0 Å². The summed E-state index contributed by atoms with van der Waals surface area (Å²) < 4.78 is 0. The standard InChI is InChI=1S/C8H8N4/c9-12-7-2-1-6-4-10-5-11-8(6)3-7/h1-5,12H,9H2. The van der Waals surface area contributed by atoms with Gasteiger partial charge in [-0.05, 0) is 18.2 Å². The summed E-state index contributed by atoms with van der Waals surface area (Å²) in [6.07, 6.45) is 3.28. The largest absolute Gasteiger partial charge is 0.324 e. The highest BCUT2D eigenvalue weighted by molar-refractivity contribution is 5.80. The van der Waals surface area contributed by atoms with Crippen LogP contribution in [0, 0.1) is 0 Å². The minimum Gasteiger partial charge on any atom is -0.324 e. The summed E-state index contributed by atoms with van der Waals surface area (Å²) >= 11 is 0. The normalized spacial score (nSPS) is 10.1. The molecule has 0 unspecified atom stereocenters. The third-order valence-electron chi connectivity index (χ3n) is 1.67. The minimum atomic E-state index is 0.848. The summed E-state index contributed by atoms with van der Waals surface area (Å²) in [6.45, 7) is 0. The lowest BCUT2D eigenvalue weighted by Crippen LogP contribution is -2.06. The lowest BCUT2D eigenvalue weighted by atomic mass is 10.2. The smallest absolute Gasteiger partial charge is 0.116 e. The first kappa shape index (κ1) is 7.00. The molecule has 0 bridgehead atoms. The lowest BCUT2D eigenvalue weighted by Gasteiger charge is -2.00. The number of hydrogen-bond acceptors (Lipinski definition) is 4. The molecule has 1 heterocycles. The van der Waals surface area contributed by atoms with E-state index in [4.69, 9.17) is 5.84 Å². The van der Waals surface area contributed by atoms with Crippen LogP contribution in [0.5, 0.6) is 0 Å². The van der Waals surface area contributed by atoms with Crippen molar-refractivity contribution in [2.24, 2.45) is 5.84 Å². The maximum absolute atomic E-state index is 5.25. The van der Waals surface area contributed by atoms with Gasteiger partial charge < -0.3 is 5.43 Å². The molecule has 4 heteroatoms. The van der Waals surface area contributed by atoms with Crippen LogP contribution in [-0.4, -0.2) is 9.97 Å². The van der Waals surface area contributed by atoms with E-state index in [0.717, 1.165) is 16.6 Å². The van der Waals surface area contributed by atoms with Gasteiger partial charge in [0, 0.05) is 11.6 Å². The van der Waals surface area contributed by atoms with Crippen LogP contribution in [0.4, 0.5) is 5.69 Å². The number of fused-ring (bicyclic) bond motifs is 1. The van der Waals surface area contributed by atoms with E-state index in [2.05, 4.69) is 15.4 Å². The number of aromatic nitrogens is 2. The van der Waals surface area contributed by atoms with Crippen LogP contribution in [0.3, 0.4) is 0 Å². The number of hydrazine groups is 1. The molecule has 4 nitrogen and oxygen atoms in total. The Morgan fingerprint density at radius 2 is 2.25 bits per heavy atom. The zero-order valence-electron chi connectivity index (χ0n) is 6.36. The summed E-state index contributed by atoms with van der Waals surface area (Å²) in [7, 11) is 0. The Balaban J connectivity index is 2.67. The Bertz CT molecular complexity index is 399. The average molecular weight is 160 g/mol. The fraction of sp³-hybridized carbons (Fsp3) is 0. The first-order valence-corrected chi connectivity index (χ1v) is 3.56. The molecule has 0 aliphatic carbocycles. The van der Waals surface area contributed by atoms with Gasteiger partial charge in [-0.25, -0.2) is 9.97 Å². The van der Waals surface area contributed by atoms with Crippen LogP contribution >= 0.6 is 0 Å². The highest BCUT2D eigenvalue weighted by atomic mass is 15.2. The molecule has 0 fully saturated rings. The summed E-state index contributed by atoms with van der Waals surface area (Å²) in [5.41, 5.74) is 4.30. The third-order valence-corrected chi connectivity index (χ3v) is 1.67. The molecule has 0 amide bonds. The lowest BCUT2D eigenvalue weighted by molar-refractivity contribution is 1.22. The molecular formula is C8H8N4. The molecule has 0 saturated heterocycles. The van der Waals surface area contributed by atoms with E-state index in [1.807, 2.05) is 18.2 Å². The van der Waals surface area contributed by atoms with Gasteiger partial charge in [0.1, 0.15) is 6.33 Å². The molecule has 12 heavy (non-hydrogen) atoms. The van der Waals surface area contributed by atoms with E-state index in [0.29, 0.717) is 0 Å². The van der Waals surface area contributed by atoms with Gasteiger partial charge in [0.2, 0.25) is 0 Å². The van der Waals surface area contributed by atoms with Crippen molar-refractivity contribution < 1.29 is 0 Å². The van der Waals surface area contributed by atoms with Crippen molar-refractivity contribution in [3.8, 4) is 0 Å². The highest BCUT2D eigenvalue weighted by Gasteiger charge is 1.94. The van der Waals surface area contributed by atoms with Gasteiger partial charge in [0.15, 0.2) is 0 Å². The van der Waals surface area contributed by atoms with E-state index in [9.17, 15) is 0 Å². The topological polar surface area (TPSA) is 63.8 Å². The predicted octanol–water partition coefficient (Wildman–Crippen LogP) is 0.915. The molecule has 60 valence electrons. The SMILES string of the molecule is NNc1ccc2cncnc2c1. The van der Waals surface area contributed by atoms with Gasteiger partial charge in [-0.1, -0.05) is 0 Å². The monoisotopic (exact) mass is 160 g/mol. The Kier molecular flexibility index (Phi) is 1.60. The van der Waals surface area contributed by atoms with Crippen molar-refractivity contribution in [2.45, 2.75) is 0 Å². The van der Waals surface area contributed by atoms with E-state index in [1.54, 1.807) is 6.20 Å². The van der Waals surface area contributed by atoms with Crippen molar-refractivity contribution in [1.29, 1.82) is 0 Å². The number of rotatable bonds is 1. The van der Waals surface area contributed by atoms with E-state index in [1.165, 1.54) is 6.33 Å². The molecule has 0 radical (unpaired) electrons. The van der Waals surface area contributed by atoms with Gasteiger partial charge >= 0.3 is 0 Å². The number of benzene rings is 1. The number of hydrogen-bond donors (Lipinski definition) is 2. The minimum absolute atomic E-state index is 0.848. The molecule has 2 rings (SSSR count). The van der Waals surface area contributed by atoms with Gasteiger partial charge in [0.05, 0.1) is 11.2 Å². The zero-order chi connectivity index (χ0) is 8.39. The van der Waals surface area contributed by atoms with Crippen LogP contribution in [0.25, 0.3) is 10.9 Å². The van der Waals surface area contributed by atoms with Crippen LogP contribution in [0.15, 0.2) is 30.7 Å². The molecule has 3 N–H and O–H groups in total. The molecular weight excluding hydrogens is 152 g/mol. The van der Waals surface area contributed by atoms with Crippen molar-refractivity contribution >= 4 is 16.6 Å². The van der Waals surface area contributed by atoms with Crippen LogP contribution < -0.4 is 11.3 Å². The molecule has 1 aromatic carbocycles. The van der Waals surface area contributed by atoms with Crippen molar-refractivity contribution in [1.82, 2.24) is 9.97 Å². The van der Waals surface area contributed by atoms with Crippen molar-refractivity contribution in [2.75, 3.05) is 5.43 Å². The van der Waals surface area contributed by atoms with E-state index >= 15 is 0 Å². The second-order valence-corrected chi connectivity index (χ2v) is 2.44. The zero-order valence-corrected chi connectivity index (χ0v) is 6.36. The maximum atomic E-state index is 5.25. The molecule has 1 aromatic heterocycles. The highest BCUT2D eigenvalue weighted by Crippen LogP contribution is 2.14. The van der Waals surface area contributed by atoms with Gasteiger partial charge in [0.25, 0.3) is 0 Å². The predicted molar refractivity (Wildman–Crippen MR) is 47.3 cm³/mol. The van der Waals surface area contributed by atoms with E-state index < -0.39 is 0 Å². The van der Waals surface area contributed by atoms with Gasteiger partial charge in [-0.3, -0.25) is 5.84 Å². The first-order chi connectivity index (χ1) is 5.90. The molecule has 2 aromatic rings. The second-order valence-electron chi connectivity index (χ2n) is 2.44. The Morgan fingerprint density at radius 1 is 1.33 bits per heavy atom. The summed E-state index contributed by atoms with van der Waals surface area (Å²) in [5.74, 6) is 5.25. The Morgan fingerprint density at radius 3 is 3.08 bits per heavy atom.